The van der Waals surface area contributed by atoms with Crippen LogP contribution in [0, 0.1) is 34.5 Å². The predicted octanol–water partition coefficient (Wildman–Crippen LogP) is 4.63. The van der Waals surface area contributed by atoms with Crippen LogP contribution in [0.2, 0.25) is 0 Å². The van der Waals surface area contributed by atoms with Crippen LogP contribution < -0.4 is 0 Å². The molecule has 0 unspecified atom stereocenters. The maximum Gasteiger partial charge on any atom is 0.302 e. The number of hydrogen-bond acceptors (Lipinski definition) is 5. The highest BCUT2D eigenvalue weighted by Crippen LogP contribution is 2.66. The highest BCUT2D eigenvalue weighted by Gasteiger charge is 2.62. The van der Waals surface area contributed by atoms with Gasteiger partial charge in [-0.15, -0.1) is 0 Å². The van der Waals surface area contributed by atoms with Gasteiger partial charge in [0, 0.05) is 38.0 Å². The van der Waals surface area contributed by atoms with E-state index in [1.165, 1.54) is 19.4 Å². The molecule has 5 nitrogen and oxygen atoms in total. The SMILES string of the molecule is CC(=O)O[C@H]1CC2=CC[C@H]3[C@@H]4CC[C@H](C(C)=O)[C@@]4(C)CC[C@@H]3[C@@]2(C)[C@H](OC(C)=O)C1. The molecule has 166 valence electrons. The van der Waals surface area contributed by atoms with Crippen molar-refractivity contribution in [3.05, 3.63) is 11.6 Å². The molecule has 0 amide bonds. The summed E-state index contributed by atoms with van der Waals surface area (Å²) in [5, 5.41) is 0. The molecule has 0 aliphatic heterocycles. The topological polar surface area (TPSA) is 69.7 Å². The Morgan fingerprint density at radius 3 is 2.30 bits per heavy atom. The number of allylic oxidation sites excluding steroid dienone is 1. The largest absolute Gasteiger partial charge is 0.462 e. The average molecular weight is 417 g/mol. The zero-order valence-corrected chi connectivity index (χ0v) is 19.0. The first-order valence-electron chi connectivity index (χ1n) is 11.6. The number of Topliss-reactive ketones (excluding diaryl/α,β-unsaturated/α-hetero) is 1. The smallest absolute Gasteiger partial charge is 0.302 e. The van der Waals surface area contributed by atoms with E-state index in [1.54, 1.807) is 6.92 Å². The van der Waals surface area contributed by atoms with E-state index in [1.807, 2.05) is 0 Å². The Morgan fingerprint density at radius 2 is 1.67 bits per heavy atom. The molecular formula is C25H36O5. The number of rotatable bonds is 3. The monoisotopic (exact) mass is 416 g/mol. The van der Waals surface area contributed by atoms with Crippen LogP contribution in [0.5, 0.6) is 0 Å². The lowest BCUT2D eigenvalue weighted by atomic mass is 9.46. The summed E-state index contributed by atoms with van der Waals surface area (Å²) < 4.78 is 11.4. The van der Waals surface area contributed by atoms with Gasteiger partial charge in [0.15, 0.2) is 0 Å². The zero-order chi connectivity index (χ0) is 21.8. The van der Waals surface area contributed by atoms with E-state index in [0.29, 0.717) is 30.0 Å². The van der Waals surface area contributed by atoms with Crippen LogP contribution in [0.1, 0.15) is 79.6 Å². The molecule has 0 aromatic carbocycles. The third-order valence-corrected chi connectivity index (χ3v) is 9.26. The van der Waals surface area contributed by atoms with Gasteiger partial charge in [-0.1, -0.05) is 25.5 Å². The van der Waals surface area contributed by atoms with Crippen molar-refractivity contribution in [3.8, 4) is 0 Å². The first-order valence-corrected chi connectivity index (χ1v) is 11.6. The summed E-state index contributed by atoms with van der Waals surface area (Å²) >= 11 is 0. The molecule has 0 N–H and O–H groups in total. The molecule has 5 heteroatoms. The van der Waals surface area contributed by atoms with E-state index in [2.05, 4.69) is 19.9 Å². The van der Waals surface area contributed by atoms with Gasteiger partial charge in [-0.05, 0) is 62.2 Å². The van der Waals surface area contributed by atoms with Crippen LogP contribution in [0.3, 0.4) is 0 Å². The Morgan fingerprint density at radius 1 is 0.967 bits per heavy atom. The standard InChI is InChI=1S/C25H36O5/c1-14(26)20-8-9-21-19-7-6-17-12-18(29-15(2)27)13-23(30-16(3)28)25(17,5)22(19)10-11-24(20,21)4/h6,18-23H,7-13H2,1-5H3/t18-,19-,20+,21-,22-,23+,24+,25-/m0/s1. The van der Waals surface area contributed by atoms with Gasteiger partial charge in [-0.3, -0.25) is 14.4 Å². The van der Waals surface area contributed by atoms with Gasteiger partial charge in [-0.2, -0.15) is 0 Å². The number of carbonyl (C=O) groups excluding carboxylic acids is 3. The van der Waals surface area contributed by atoms with Gasteiger partial charge in [0.25, 0.3) is 0 Å². The summed E-state index contributed by atoms with van der Waals surface area (Å²) in [6.07, 6.45) is 8.40. The number of esters is 2. The third-order valence-electron chi connectivity index (χ3n) is 9.26. The van der Waals surface area contributed by atoms with Crippen molar-refractivity contribution in [2.24, 2.45) is 34.5 Å². The highest BCUT2D eigenvalue weighted by molar-refractivity contribution is 5.79. The van der Waals surface area contributed by atoms with E-state index in [9.17, 15) is 14.4 Å². The minimum atomic E-state index is -0.283. The minimum absolute atomic E-state index is 0.0978. The van der Waals surface area contributed by atoms with Crippen molar-refractivity contribution in [2.75, 3.05) is 0 Å². The lowest BCUT2D eigenvalue weighted by molar-refractivity contribution is -0.172. The summed E-state index contributed by atoms with van der Waals surface area (Å²) in [6.45, 7) is 9.28. The molecule has 8 atom stereocenters. The van der Waals surface area contributed by atoms with Gasteiger partial charge < -0.3 is 9.47 Å². The van der Waals surface area contributed by atoms with E-state index in [4.69, 9.17) is 9.47 Å². The first kappa shape index (κ1) is 21.6. The van der Waals surface area contributed by atoms with Crippen LogP contribution in [0.25, 0.3) is 0 Å². The molecule has 3 saturated carbocycles. The van der Waals surface area contributed by atoms with Crippen molar-refractivity contribution in [2.45, 2.75) is 91.8 Å². The van der Waals surface area contributed by atoms with Crippen molar-refractivity contribution in [1.82, 2.24) is 0 Å². The number of ketones is 1. The second-order valence-electron chi connectivity index (χ2n) is 10.7. The molecule has 4 rings (SSSR count). The first-order chi connectivity index (χ1) is 14.1. The fraction of sp³-hybridized carbons (Fsp3) is 0.800. The molecular weight excluding hydrogens is 380 g/mol. The van der Waals surface area contributed by atoms with Crippen molar-refractivity contribution in [1.29, 1.82) is 0 Å². The number of hydrogen-bond donors (Lipinski definition) is 0. The average Bonchev–Trinajstić information content (AvgIpc) is 2.99. The van der Waals surface area contributed by atoms with Crippen LogP contribution in [0.4, 0.5) is 0 Å². The Bertz CT molecular complexity index is 784. The van der Waals surface area contributed by atoms with Gasteiger partial charge >= 0.3 is 11.9 Å². The van der Waals surface area contributed by atoms with Crippen LogP contribution in [-0.2, 0) is 23.9 Å². The molecule has 0 heterocycles. The van der Waals surface area contributed by atoms with E-state index in [0.717, 1.165) is 38.5 Å². The van der Waals surface area contributed by atoms with E-state index >= 15 is 0 Å². The van der Waals surface area contributed by atoms with Crippen LogP contribution in [0.15, 0.2) is 11.6 Å². The van der Waals surface area contributed by atoms with Crippen molar-refractivity contribution < 1.29 is 23.9 Å². The molecule has 0 aromatic rings. The zero-order valence-electron chi connectivity index (χ0n) is 19.0. The molecule has 0 aromatic heterocycles. The maximum absolute atomic E-state index is 12.3. The molecule has 0 saturated heterocycles. The Balaban J connectivity index is 1.68. The molecule has 4 aliphatic rings. The van der Waals surface area contributed by atoms with E-state index < -0.39 is 0 Å². The predicted molar refractivity (Wildman–Crippen MR) is 112 cm³/mol. The van der Waals surface area contributed by atoms with E-state index in [-0.39, 0.29) is 40.9 Å². The van der Waals surface area contributed by atoms with Gasteiger partial charge in [0.05, 0.1) is 0 Å². The number of ether oxygens (including phenoxy) is 2. The fourth-order valence-corrected chi connectivity index (χ4v) is 8.02. The second kappa shape index (κ2) is 7.49. The minimum Gasteiger partial charge on any atom is -0.462 e. The normalized spacial score (nSPS) is 44.8. The van der Waals surface area contributed by atoms with Crippen LogP contribution >= 0.6 is 0 Å². The maximum atomic E-state index is 12.3. The quantitative estimate of drug-likeness (QED) is 0.496. The lowest BCUT2D eigenvalue weighted by Gasteiger charge is -2.59. The number of fused-ring (bicyclic) bond motifs is 5. The summed E-state index contributed by atoms with van der Waals surface area (Å²) in [7, 11) is 0. The second-order valence-corrected chi connectivity index (χ2v) is 10.7. The van der Waals surface area contributed by atoms with Gasteiger partial charge in [0.1, 0.15) is 18.0 Å². The molecule has 4 aliphatic carbocycles. The molecule has 30 heavy (non-hydrogen) atoms. The summed E-state index contributed by atoms with van der Waals surface area (Å²) in [5.41, 5.74) is 1.17. The summed E-state index contributed by atoms with van der Waals surface area (Å²) in [5.74, 6) is 1.47. The molecule has 3 fully saturated rings. The van der Waals surface area contributed by atoms with Gasteiger partial charge in [-0.25, -0.2) is 0 Å². The fourth-order valence-electron chi connectivity index (χ4n) is 8.02. The van der Waals surface area contributed by atoms with Crippen molar-refractivity contribution >= 4 is 17.7 Å². The Kier molecular flexibility index (Phi) is 5.39. The summed E-state index contributed by atoms with van der Waals surface area (Å²) in [4.78, 5) is 35.9. The molecule has 0 bridgehead atoms. The molecule has 0 radical (unpaired) electrons. The third kappa shape index (κ3) is 3.23. The van der Waals surface area contributed by atoms with Crippen molar-refractivity contribution in [3.63, 3.8) is 0 Å². The summed E-state index contributed by atoms with van der Waals surface area (Å²) in [6, 6.07) is 0. The Hall–Kier alpha value is -1.65. The lowest BCUT2D eigenvalue weighted by Crippen LogP contribution is -2.57. The van der Waals surface area contributed by atoms with Gasteiger partial charge in [0.2, 0.25) is 0 Å². The molecule has 0 spiro atoms. The highest BCUT2D eigenvalue weighted by atomic mass is 16.6. The van der Waals surface area contributed by atoms with Crippen LogP contribution in [-0.4, -0.2) is 29.9 Å². The number of carbonyl (C=O) groups is 3. The Labute approximate surface area is 179 Å².